The van der Waals surface area contributed by atoms with Gasteiger partial charge < -0.3 is 9.53 Å². The largest absolute Gasteiger partial charge is 0.404 e. The highest BCUT2D eigenvalue weighted by molar-refractivity contribution is 6.99. The molecule has 0 saturated heterocycles. The van der Waals surface area contributed by atoms with E-state index in [1.54, 1.807) is 0 Å². The summed E-state index contributed by atoms with van der Waals surface area (Å²) < 4.78 is 7.20. The van der Waals surface area contributed by atoms with E-state index in [0.29, 0.717) is 6.42 Å². The second kappa shape index (κ2) is 11.7. The number of aliphatic hydroxyl groups is 1. The molecule has 1 N–H and O–H groups in total. The molecule has 160 valence electrons. The van der Waals surface area contributed by atoms with Gasteiger partial charge in [-0.15, -0.1) is 0 Å². The lowest BCUT2D eigenvalue weighted by molar-refractivity contribution is 0.133. The molecule has 0 heterocycles. The molecule has 0 bridgehead atoms. The fourth-order valence-corrected chi connectivity index (χ4v) is 9.07. The van der Waals surface area contributed by atoms with Gasteiger partial charge in [-0.25, -0.2) is 0 Å². The van der Waals surface area contributed by atoms with E-state index in [1.807, 2.05) is 0 Å². The van der Waals surface area contributed by atoms with Gasteiger partial charge in [0.05, 0.1) is 0 Å². The molecule has 2 rings (SSSR count). The summed E-state index contributed by atoms with van der Waals surface area (Å²) >= 11 is 0. The molecule has 0 aliphatic carbocycles. The molecule has 2 aromatic carbocycles. The predicted octanol–water partition coefficient (Wildman–Crippen LogP) is 5.67. The van der Waals surface area contributed by atoms with E-state index in [4.69, 9.17) is 4.43 Å². The van der Waals surface area contributed by atoms with Gasteiger partial charge in [0.15, 0.2) is 0 Å². The van der Waals surface area contributed by atoms with Crippen molar-refractivity contribution in [2.45, 2.75) is 83.8 Å². The molecule has 2 aromatic rings. The van der Waals surface area contributed by atoms with Crippen molar-refractivity contribution in [3.63, 3.8) is 0 Å². The van der Waals surface area contributed by atoms with Crippen LogP contribution >= 0.6 is 0 Å². The molecule has 0 fully saturated rings. The Balaban J connectivity index is 2.40. The van der Waals surface area contributed by atoms with Crippen molar-refractivity contribution < 1.29 is 9.53 Å². The fourth-order valence-electron chi connectivity index (χ4n) is 4.32. The Labute approximate surface area is 179 Å². The first-order chi connectivity index (χ1) is 14.0. The molecular weight excluding hydrogens is 372 g/mol. The minimum atomic E-state index is -2.54. The van der Waals surface area contributed by atoms with E-state index in [1.165, 1.54) is 42.5 Å². The van der Waals surface area contributed by atoms with Crippen LogP contribution in [0.15, 0.2) is 60.7 Å². The van der Waals surface area contributed by atoms with Crippen LogP contribution in [0.3, 0.4) is 0 Å². The van der Waals surface area contributed by atoms with Crippen molar-refractivity contribution in [3.8, 4) is 0 Å². The summed E-state index contributed by atoms with van der Waals surface area (Å²) in [6.07, 6.45) is 8.10. The Morgan fingerprint density at radius 3 is 1.76 bits per heavy atom. The van der Waals surface area contributed by atoms with Crippen LogP contribution < -0.4 is 10.4 Å². The number of rotatable bonds is 12. The van der Waals surface area contributed by atoms with Crippen molar-refractivity contribution in [1.29, 1.82) is 0 Å². The maximum atomic E-state index is 9.75. The zero-order valence-electron chi connectivity index (χ0n) is 18.9. The summed E-state index contributed by atoms with van der Waals surface area (Å²) in [5.41, 5.74) is 0. The summed E-state index contributed by atoms with van der Waals surface area (Å²) in [6.45, 7) is 9.38. The average Bonchev–Trinajstić information content (AvgIpc) is 2.72. The molecule has 29 heavy (non-hydrogen) atoms. The van der Waals surface area contributed by atoms with Gasteiger partial charge in [0.25, 0.3) is 8.32 Å². The van der Waals surface area contributed by atoms with E-state index in [-0.39, 0.29) is 17.7 Å². The lowest BCUT2D eigenvalue weighted by atomic mass is 10.1. The molecular formula is C26H40O2Si. The van der Waals surface area contributed by atoms with Gasteiger partial charge in [-0.2, -0.15) is 0 Å². The van der Waals surface area contributed by atoms with Gasteiger partial charge in [-0.05, 0) is 28.3 Å². The Morgan fingerprint density at radius 2 is 1.31 bits per heavy atom. The molecule has 1 atom stereocenters. The number of benzene rings is 2. The van der Waals surface area contributed by atoms with E-state index < -0.39 is 8.32 Å². The first kappa shape index (κ1) is 23.9. The molecule has 1 unspecified atom stereocenters. The SMILES string of the molecule is CCCCCCCC(CCO)O[Si](c1ccccc1)(c1ccccc1)C(C)(C)C. The molecule has 0 amide bonds. The molecule has 3 heteroatoms. The smallest absolute Gasteiger partial charge is 0.261 e. The quantitative estimate of drug-likeness (QED) is 0.359. The molecule has 2 nitrogen and oxygen atoms in total. The van der Waals surface area contributed by atoms with E-state index in [2.05, 4.69) is 88.4 Å². The van der Waals surface area contributed by atoms with Gasteiger partial charge in [0.1, 0.15) is 0 Å². The van der Waals surface area contributed by atoms with Gasteiger partial charge in [0.2, 0.25) is 0 Å². The Kier molecular flexibility index (Phi) is 9.61. The average molecular weight is 413 g/mol. The number of hydrogen-bond donors (Lipinski definition) is 1. The van der Waals surface area contributed by atoms with Crippen LogP contribution in [0.4, 0.5) is 0 Å². The first-order valence-corrected chi connectivity index (χ1v) is 13.3. The number of aliphatic hydroxyl groups excluding tert-OH is 1. The van der Waals surface area contributed by atoms with Crippen LogP contribution in [0.1, 0.15) is 72.6 Å². The Hall–Kier alpha value is -1.42. The minimum Gasteiger partial charge on any atom is -0.404 e. The predicted molar refractivity (Wildman–Crippen MR) is 128 cm³/mol. The van der Waals surface area contributed by atoms with Crippen LogP contribution in [0.5, 0.6) is 0 Å². The van der Waals surface area contributed by atoms with Gasteiger partial charge in [-0.3, -0.25) is 0 Å². The zero-order valence-corrected chi connectivity index (χ0v) is 19.9. The number of hydrogen-bond acceptors (Lipinski definition) is 2. The van der Waals surface area contributed by atoms with Crippen molar-refractivity contribution in [2.75, 3.05) is 6.61 Å². The van der Waals surface area contributed by atoms with Crippen LogP contribution in [0.25, 0.3) is 0 Å². The Morgan fingerprint density at radius 1 is 0.793 bits per heavy atom. The molecule has 0 aliphatic rings. The van der Waals surface area contributed by atoms with E-state index in [9.17, 15) is 5.11 Å². The molecule has 0 aliphatic heterocycles. The van der Waals surface area contributed by atoms with Gasteiger partial charge in [0, 0.05) is 12.7 Å². The maximum absolute atomic E-state index is 9.75. The van der Waals surface area contributed by atoms with Crippen molar-refractivity contribution in [2.24, 2.45) is 0 Å². The fraction of sp³-hybridized carbons (Fsp3) is 0.538. The van der Waals surface area contributed by atoms with Crippen LogP contribution in [0, 0.1) is 0 Å². The van der Waals surface area contributed by atoms with Gasteiger partial charge in [-0.1, -0.05) is 120 Å². The highest BCUT2D eigenvalue weighted by atomic mass is 28.4. The second-order valence-corrected chi connectivity index (χ2v) is 13.4. The third-order valence-corrected chi connectivity index (χ3v) is 10.9. The second-order valence-electron chi connectivity index (χ2n) is 9.12. The molecule has 0 spiro atoms. The summed E-state index contributed by atoms with van der Waals surface area (Å²) in [5.74, 6) is 0. The molecule has 0 saturated carbocycles. The van der Waals surface area contributed by atoms with Crippen molar-refractivity contribution in [1.82, 2.24) is 0 Å². The summed E-state index contributed by atoms with van der Waals surface area (Å²) in [7, 11) is -2.54. The third-order valence-electron chi connectivity index (χ3n) is 5.84. The summed E-state index contributed by atoms with van der Waals surface area (Å²) in [4.78, 5) is 0. The van der Waals surface area contributed by atoms with Crippen LogP contribution in [-0.4, -0.2) is 26.1 Å². The topological polar surface area (TPSA) is 29.5 Å². The zero-order chi connectivity index (χ0) is 21.2. The normalized spacial score (nSPS) is 13.4. The standard InChI is InChI=1S/C26H40O2Si/c1-5-6-7-8-11-16-23(21-22-27)28-29(26(2,3)4,24-17-12-9-13-18-24)25-19-14-10-15-20-25/h9-10,12-15,17-20,23,27H,5-8,11,16,21-22H2,1-4H3. The molecule has 0 radical (unpaired) electrons. The van der Waals surface area contributed by atoms with Crippen molar-refractivity contribution >= 4 is 18.7 Å². The Bertz CT molecular complexity index is 639. The van der Waals surface area contributed by atoms with Crippen LogP contribution in [-0.2, 0) is 4.43 Å². The lowest BCUT2D eigenvalue weighted by Gasteiger charge is -2.45. The summed E-state index contributed by atoms with van der Waals surface area (Å²) in [5, 5.41) is 12.4. The highest BCUT2D eigenvalue weighted by Gasteiger charge is 2.51. The first-order valence-electron chi connectivity index (χ1n) is 11.4. The summed E-state index contributed by atoms with van der Waals surface area (Å²) in [6, 6.07) is 21.6. The minimum absolute atomic E-state index is 0.0222. The highest BCUT2D eigenvalue weighted by Crippen LogP contribution is 2.38. The maximum Gasteiger partial charge on any atom is 0.261 e. The number of unbranched alkanes of at least 4 members (excludes halogenated alkanes) is 4. The van der Waals surface area contributed by atoms with Crippen molar-refractivity contribution in [3.05, 3.63) is 60.7 Å². The van der Waals surface area contributed by atoms with Crippen LogP contribution in [0.2, 0.25) is 5.04 Å². The molecule has 0 aromatic heterocycles. The van der Waals surface area contributed by atoms with E-state index in [0.717, 1.165) is 6.42 Å². The lowest BCUT2D eigenvalue weighted by Crippen LogP contribution is -2.67. The van der Waals surface area contributed by atoms with E-state index >= 15 is 0 Å². The van der Waals surface area contributed by atoms with Gasteiger partial charge >= 0.3 is 0 Å². The monoisotopic (exact) mass is 412 g/mol. The third kappa shape index (κ3) is 6.28.